The first-order chi connectivity index (χ1) is 6.06. The molecule has 70 valence electrons. The second-order valence-electron chi connectivity index (χ2n) is 3.04. The average Bonchev–Trinajstić information content (AvgIpc) is 2.10. The summed E-state index contributed by atoms with van der Waals surface area (Å²) in [5.74, 6) is 0.678. The Morgan fingerprint density at radius 3 is 2.46 bits per heavy atom. The second kappa shape index (κ2) is 3.84. The zero-order valence-corrected chi connectivity index (χ0v) is 8.90. The first kappa shape index (κ1) is 10.1. The van der Waals surface area contributed by atoms with Crippen LogP contribution >= 0.6 is 11.6 Å². The molecule has 0 spiro atoms. The van der Waals surface area contributed by atoms with Crippen LogP contribution in [0.3, 0.4) is 0 Å². The van der Waals surface area contributed by atoms with E-state index in [0.29, 0.717) is 5.76 Å². The molecule has 1 aromatic rings. The Morgan fingerprint density at radius 2 is 1.92 bits per heavy atom. The van der Waals surface area contributed by atoms with Crippen molar-refractivity contribution < 1.29 is 4.74 Å². The van der Waals surface area contributed by atoms with Crippen molar-refractivity contribution in [3.8, 4) is 0 Å². The number of halogens is 1. The first-order valence-corrected chi connectivity index (χ1v) is 4.44. The summed E-state index contributed by atoms with van der Waals surface area (Å²) in [5, 5.41) is 0.783. The van der Waals surface area contributed by atoms with Gasteiger partial charge in [0, 0.05) is 10.6 Å². The molecule has 0 bridgehead atoms. The zero-order valence-electron chi connectivity index (χ0n) is 8.15. The summed E-state index contributed by atoms with van der Waals surface area (Å²) in [7, 11) is 1.62. The highest BCUT2D eigenvalue weighted by atomic mass is 35.5. The Bertz CT molecular complexity index is 342. The molecule has 0 aliphatic heterocycles. The molecule has 0 radical (unpaired) electrons. The van der Waals surface area contributed by atoms with E-state index in [2.05, 4.69) is 6.58 Å². The Morgan fingerprint density at radius 1 is 1.31 bits per heavy atom. The van der Waals surface area contributed by atoms with Crippen molar-refractivity contribution in [3.63, 3.8) is 0 Å². The molecule has 2 heteroatoms. The predicted octanol–water partition coefficient (Wildman–Crippen LogP) is 3.57. The van der Waals surface area contributed by atoms with Crippen molar-refractivity contribution in [2.75, 3.05) is 7.11 Å². The van der Waals surface area contributed by atoms with E-state index in [1.807, 2.05) is 26.0 Å². The zero-order chi connectivity index (χ0) is 10.0. The summed E-state index contributed by atoms with van der Waals surface area (Å²) in [6.07, 6.45) is 0. The highest BCUT2D eigenvalue weighted by molar-refractivity contribution is 6.31. The van der Waals surface area contributed by atoms with Gasteiger partial charge in [-0.05, 0) is 37.1 Å². The maximum atomic E-state index is 5.96. The lowest BCUT2D eigenvalue weighted by molar-refractivity contribution is 0.371. The summed E-state index contributed by atoms with van der Waals surface area (Å²) < 4.78 is 5.07. The molecule has 0 fully saturated rings. The quantitative estimate of drug-likeness (QED) is 0.658. The largest absolute Gasteiger partial charge is 0.497 e. The van der Waals surface area contributed by atoms with E-state index in [1.54, 1.807) is 7.11 Å². The Hall–Kier alpha value is -0.950. The van der Waals surface area contributed by atoms with E-state index in [-0.39, 0.29) is 0 Å². The summed E-state index contributed by atoms with van der Waals surface area (Å²) in [6.45, 7) is 7.77. The minimum atomic E-state index is 0.678. The van der Waals surface area contributed by atoms with Gasteiger partial charge in [0.05, 0.1) is 7.11 Å². The smallest absolute Gasteiger partial charge is 0.119 e. The van der Waals surface area contributed by atoms with Crippen molar-refractivity contribution in [2.45, 2.75) is 13.8 Å². The molecule has 0 atom stereocenters. The van der Waals surface area contributed by atoms with Gasteiger partial charge in [-0.2, -0.15) is 0 Å². The van der Waals surface area contributed by atoms with Gasteiger partial charge in [-0.25, -0.2) is 0 Å². The average molecular weight is 197 g/mol. The van der Waals surface area contributed by atoms with Crippen LogP contribution in [-0.2, 0) is 4.74 Å². The van der Waals surface area contributed by atoms with Crippen LogP contribution in [-0.4, -0.2) is 7.11 Å². The first-order valence-electron chi connectivity index (χ1n) is 4.06. The molecule has 0 saturated heterocycles. The lowest BCUT2D eigenvalue weighted by Crippen LogP contribution is -1.91. The van der Waals surface area contributed by atoms with Crippen LogP contribution in [0.5, 0.6) is 0 Å². The van der Waals surface area contributed by atoms with E-state index < -0.39 is 0 Å². The molecule has 0 heterocycles. The monoisotopic (exact) mass is 196 g/mol. The third-order valence-corrected chi connectivity index (χ3v) is 2.46. The summed E-state index contributed by atoms with van der Waals surface area (Å²) in [6, 6.07) is 3.92. The van der Waals surface area contributed by atoms with Crippen LogP contribution < -0.4 is 0 Å². The number of hydrogen-bond donors (Lipinski definition) is 0. The number of aryl methyl sites for hydroxylation is 2. The van der Waals surface area contributed by atoms with Gasteiger partial charge in [0.1, 0.15) is 5.76 Å². The molecular formula is C11H13ClO. The SMILES string of the molecule is C=C(OC)c1cc(C)c(Cl)cc1C. The molecule has 0 saturated carbocycles. The molecule has 0 unspecified atom stereocenters. The molecular weight excluding hydrogens is 184 g/mol. The van der Waals surface area contributed by atoms with Crippen LogP contribution in [0.1, 0.15) is 16.7 Å². The molecule has 0 amide bonds. The van der Waals surface area contributed by atoms with Crippen molar-refractivity contribution in [2.24, 2.45) is 0 Å². The Balaban J connectivity index is 3.23. The van der Waals surface area contributed by atoms with Gasteiger partial charge in [0.25, 0.3) is 0 Å². The molecule has 1 nitrogen and oxygen atoms in total. The van der Waals surface area contributed by atoms with Crippen LogP contribution in [0.25, 0.3) is 5.76 Å². The number of methoxy groups -OCH3 is 1. The van der Waals surface area contributed by atoms with Crippen molar-refractivity contribution in [1.82, 2.24) is 0 Å². The van der Waals surface area contributed by atoms with E-state index in [9.17, 15) is 0 Å². The summed E-state index contributed by atoms with van der Waals surface area (Å²) in [4.78, 5) is 0. The minimum Gasteiger partial charge on any atom is -0.497 e. The fourth-order valence-corrected chi connectivity index (χ4v) is 1.41. The van der Waals surface area contributed by atoms with Gasteiger partial charge in [0.2, 0.25) is 0 Å². The number of benzene rings is 1. The van der Waals surface area contributed by atoms with Crippen LogP contribution in [0.2, 0.25) is 5.02 Å². The van der Waals surface area contributed by atoms with E-state index >= 15 is 0 Å². The minimum absolute atomic E-state index is 0.678. The third-order valence-electron chi connectivity index (χ3n) is 2.05. The standard InChI is InChI=1S/C11H13ClO/c1-7-6-11(12)8(2)5-10(7)9(3)13-4/h5-6H,3H2,1-2,4H3. The highest BCUT2D eigenvalue weighted by Crippen LogP contribution is 2.24. The maximum absolute atomic E-state index is 5.96. The number of rotatable bonds is 2. The van der Waals surface area contributed by atoms with Gasteiger partial charge in [-0.1, -0.05) is 18.2 Å². The fourth-order valence-electron chi connectivity index (χ4n) is 1.19. The number of hydrogen-bond acceptors (Lipinski definition) is 1. The molecule has 13 heavy (non-hydrogen) atoms. The van der Waals surface area contributed by atoms with Crippen LogP contribution in [0, 0.1) is 13.8 Å². The molecule has 1 rings (SSSR count). The Labute approximate surface area is 84.0 Å². The van der Waals surface area contributed by atoms with Gasteiger partial charge in [-0.15, -0.1) is 0 Å². The third kappa shape index (κ3) is 2.04. The van der Waals surface area contributed by atoms with Gasteiger partial charge in [0.15, 0.2) is 0 Å². The molecule has 0 N–H and O–H groups in total. The van der Waals surface area contributed by atoms with Crippen LogP contribution in [0.4, 0.5) is 0 Å². The van der Waals surface area contributed by atoms with E-state index in [4.69, 9.17) is 16.3 Å². The van der Waals surface area contributed by atoms with E-state index in [0.717, 1.165) is 21.7 Å². The Kier molecular flexibility index (Phi) is 2.99. The fraction of sp³-hybridized carbons (Fsp3) is 0.273. The van der Waals surface area contributed by atoms with Crippen LogP contribution in [0.15, 0.2) is 18.7 Å². The molecule has 1 aromatic carbocycles. The molecule has 0 aromatic heterocycles. The maximum Gasteiger partial charge on any atom is 0.119 e. The van der Waals surface area contributed by atoms with Crippen molar-refractivity contribution in [3.05, 3.63) is 40.4 Å². The summed E-state index contributed by atoms with van der Waals surface area (Å²) >= 11 is 5.96. The van der Waals surface area contributed by atoms with Gasteiger partial charge in [-0.3, -0.25) is 0 Å². The van der Waals surface area contributed by atoms with Crippen molar-refractivity contribution >= 4 is 17.4 Å². The summed E-state index contributed by atoms with van der Waals surface area (Å²) in [5.41, 5.74) is 3.15. The predicted molar refractivity (Wildman–Crippen MR) is 57.0 cm³/mol. The van der Waals surface area contributed by atoms with E-state index in [1.165, 1.54) is 0 Å². The van der Waals surface area contributed by atoms with Gasteiger partial charge >= 0.3 is 0 Å². The topological polar surface area (TPSA) is 9.23 Å². The second-order valence-corrected chi connectivity index (χ2v) is 3.45. The lowest BCUT2D eigenvalue weighted by atomic mass is 10.0. The lowest BCUT2D eigenvalue weighted by Gasteiger charge is -2.09. The highest BCUT2D eigenvalue weighted by Gasteiger charge is 2.05. The normalized spacial score (nSPS) is 9.85. The molecule has 0 aliphatic rings. The van der Waals surface area contributed by atoms with Crippen molar-refractivity contribution in [1.29, 1.82) is 0 Å². The van der Waals surface area contributed by atoms with Gasteiger partial charge < -0.3 is 4.74 Å². The number of ether oxygens (including phenoxy) is 1. The molecule has 0 aliphatic carbocycles.